The maximum atomic E-state index is 10.9. The van der Waals surface area contributed by atoms with E-state index in [9.17, 15) is 4.79 Å². The van der Waals surface area contributed by atoms with Gasteiger partial charge in [0.2, 0.25) is 0 Å². The number of aliphatic carboxylic acids is 1. The number of nitrogens with zero attached hydrogens (tertiary/aromatic N) is 3. The number of hydrogen-bond acceptors (Lipinski definition) is 3. The molecule has 2 aliphatic heterocycles. The first-order valence-corrected chi connectivity index (χ1v) is 7.92. The highest BCUT2D eigenvalue weighted by Crippen LogP contribution is 2.41. The Kier molecular flexibility index (Phi) is 3.78. The minimum Gasteiger partial charge on any atom is -0.481 e. The van der Waals surface area contributed by atoms with Crippen LogP contribution in [0.15, 0.2) is 0 Å². The summed E-state index contributed by atoms with van der Waals surface area (Å²) in [5.41, 5.74) is 3.73. The quantitative estimate of drug-likeness (QED) is 0.924. The fourth-order valence-corrected chi connectivity index (χ4v) is 4.29. The van der Waals surface area contributed by atoms with Crippen LogP contribution in [0.3, 0.4) is 0 Å². The monoisotopic (exact) mass is 291 g/mol. The molecule has 5 nitrogen and oxygen atoms in total. The van der Waals surface area contributed by atoms with Crippen molar-refractivity contribution >= 4 is 5.97 Å². The van der Waals surface area contributed by atoms with Crippen LogP contribution in [0, 0.1) is 19.8 Å². The summed E-state index contributed by atoms with van der Waals surface area (Å²) in [6, 6.07) is 1.12. The highest BCUT2D eigenvalue weighted by Gasteiger charge is 2.41. The number of piperidine rings is 1. The second-order valence-corrected chi connectivity index (χ2v) is 6.77. The van der Waals surface area contributed by atoms with Gasteiger partial charge in [-0.3, -0.25) is 14.4 Å². The Morgan fingerprint density at radius 2 is 1.90 bits per heavy atom. The van der Waals surface area contributed by atoms with Crippen LogP contribution in [-0.2, 0) is 18.4 Å². The highest BCUT2D eigenvalue weighted by molar-refractivity contribution is 5.67. The molecular formula is C16H25N3O2. The maximum Gasteiger partial charge on any atom is 0.303 e. The molecule has 0 aliphatic carbocycles. The number of fused-ring (bicyclic) bond motifs is 2. The van der Waals surface area contributed by atoms with E-state index < -0.39 is 5.97 Å². The average molecular weight is 291 g/mol. The lowest BCUT2D eigenvalue weighted by Crippen LogP contribution is -2.42. The molecule has 0 saturated carbocycles. The predicted molar refractivity (Wildman–Crippen MR) is 80.0 cm³/mol. The van der Waals surface area contributed by atoms with Crippen molar-refractivity contribution in [3.63, 3.8) is 0 Å². The van der Waals surface area contributed by atoms with Crippen molar-refractivity contribution < 1.29 is 9.90 Å². The van der Waals surface area contributed by atoms with Crippen LogP contribution >= 0.6 is 0 Å². The largest absolute Gasteiger partial charge is 0.481 e. The van der Waals surface area contributed by atoms with Gasteiger partial charge in [-0.1, -0.05) is 0 Å². The Morgan fingerprint density at radius 1 is 1.29 bits per heavy atom. The molecule has 1 N–H and O–H groups in total. The third kappa shape index (κ3) is 2.71. The van der Waals surface area contributed by atoms with Gasteiger partial charge in [0.1, 0.15) is 0 Å². The molecule has 5 heteroatoms. The van der Waals surface area contributed by atoms with Gasteiger partial charge in [0.15, 0.2) is 0 Å². The number of carboxylic acids is 1. The van der Waals surface area contributed by atoms with Crippen molar-refractivity contribution in [3.8, 4) is 0 Å². The van der Waals surface area contributed by atoms with Gasteiger partial charge < -0.3 is 5.11 Å². The zero-order valence-corrected chi connectivity index (χ0v) is 13.2. The summed E-state index contributed by atoms with van der Waals surface area (Å²) in [4.78, 5) is 13.5. The van der Waals surface area contributed by atoms with E-state index in [4.69, 9.17) is 5.11 Å². The SMILES string of the molecule is Cc1nn(C)c(C)c1CN1C2CCC1CC(CC(=O)O)C2. The Balaban J connectivity index is 1.72. The normalized spacial score (nSPS) is 29.0. The maximum absolute atomic E-state index is 10.9. The Labute approximate surface area is 125 Å². The molecule has 1 aromatic heterocycles. The first-order chi connectivity index (χ1) is 9.95. The van der Waals surface area contributed by atoms with E-state index in [1.807, 2.05) is 11.7 Å². The smallest absolute Gasteiger partial charge is 0.303 e. The molecule has 21 heavy (non-hydrogen) atoms. The Morgan fingerprint density at radius 3 is 2.38 bits per heavy atom. The van der Waals surface area contributed by atoms with Gasteiger partial charge in [-0.15, -0.1) is 0 Å². The van der Waals surface area contributed by atoms with E-state index in [1.54, 1.807) is 0 Å². The summed E-state index contributed by atoms with van der Waals surface area (Å²) in [7, 11) is 2.00. The molecule has 0 amide bonds. The second-order valence-electron chi connectivity index (χ2n) is 6.77. The molecule has 3 rings (SSSR count). The molecule has 2 atom stereocenters. The Bertz CT molecular complexity index is 538. The van der Waals surface area contributed by atoms with Crippen molar-refractivity contribution in [1.29, 1.82) is 0 Å². The summed E-state index contributed by atoms with van der Waals surface area (Å²) >= 11 is 0. The first kappa shape index (κ1) is 14.6. The van der Waals surface area contributed by atoms with E-state index in [2.05, 4.69) is 23.8 Å². The zero-order valence-electron chi connectivity index (χ0n) is 13.2. The van der Waals surface area contributed by atoms with Crippen molar-refractivity contribution in [3.05, 3.63) is 17.0 Å². The van der Waals surface area contributed by atoms with Crippen molar-refractivity contribution in [2.24, 2.45) is 13.0 Å². The topological polar surface area (TPSA) is 58.4 Å². The number of aryl methyl sites for hydroxylation is 2. The zero-order chi connectivity index (χ0) is 15.1. The standard InChI is InChI=1S/C16H25N3O2/c1-10-15(11(2)18(3)17-10)9-19-13-4-5-14(19)7-12(6-13)8-16(20)21/h12-14H,4-9H2,1-3H3,(H,20,21). The lowest BCUT2D eigenvalue weighted by molar-refractivity contribution is -0.138. The molecule has 2 unspecified atom stereocenters. The van der Waals surface area contributed by atoms with Gasteiger partial charge in [-0.2, -0.15) is 5.10 Å². The minimum absolute atomic E-state index is 0.339. The fraction of sp³-hybridized carbons (Fsp3) is 0.750. The molecule has 2 saturated heterocycles. The van der Waals surface area contributed by atoms with Crippen molar-refractivity contribution in [2.75, 3.05) is 0 Å². The molecule has 2 aliphatic rings. The van der Waals surface area contributed by atoms with Crippen molar-refractivity contribution in [1.82, 2.24) is 14.7 Å². The molecule has 3 heterocycles. The van der Waals surface area contributed by atoms with Crippen molar-refractivity contribution in [2.45, 2.75) is 64.6 Å². The molecular weight excluding hydrogens is 266 g/mol. The van der Waals surface area contributed by atoms with Gasteiger partial charge >= 0.3 is 5.97 Å². The summed E-state index contributed by atoms with van der Waals surface area (Å²) in [6.45, 7) is 5.19. The van der Waals surface area contributed by atoms with E-state index in [0.717, 1.165) is 25.1 Å². The molecule has 0 spiro atoms. The number of carbonyl (C=O) groups is 1. The third-order valence-corrected chi connectivity index (χ3v) is 5.44. The van der Waals surface area contributed by atoms with Gasteiger partial charge in [0, 0.05) is 43.4 Å². The summed E-state index contributed by atoms with van der Waals surface area (Å²) in [6.07, 6.45) is 4.87. The third-order valence-electron chi connectivity index (χ3n) is 5.44. The predicted octanol–water partition coefficient (Wildman–Crippen LogP) is 2.25. The second kappa shape index (κ2) is 5.44. The molecule has 1 aromatic rings. The lowest BCUT2D eigenvalue weighted by atomic mass is 9.88. The lowest BCUT2D eigenvalue weighted by Gasteiger charge is -2.38. The van der Waals surface area contributed by atoms with Crippen LogP contribution in [0.2, 0.25) is 0 Å². The number of rotatable bonds is 4. The molecule has 116 valence electrons. The Hall–Kier alpha value is -1.36. The molecule has 2 fully saturated rings. The molecule has 2 bridgehead atoms. The molecule has 0 aromatic carbocycles. The number of carboxylic acid groups (broad SMARTS) is 1. The fourth-order valence-electron chi connectivity index (χ4n) is 4.29. The van der Waals surface area contributed by atoms with E-state index in [1.165, 1.54) is 24.1 Å². The first-order valence-electron chi connectivity index (χ1n) is 7.92. The van der Waals surface area contributed by atoms with Gasteiger partial charge in [0.25, 0.3) is 0 Å². The van der Waals surface area contributed by atoms with Gasteiger partial charge in [-0.05, 0) is 45.4 Å². The summed E-state index contributed by atoms with van der Waals surface area (Å²) in [5, 5.41) is 13.5. The number of aromatic nitrogens is 2. The van der Waals surface area contributed by atoms with Crippen LogP contribution < -0.4 is 0 Å². The van der Waals surface area contributed by atoms with Gasteiger partial charge in [0.05, 0.1) is 5.69 Å². The highest BCUT2D eigenvalue weighted by atomic mass is 16.4. The summed E-state index contributed by atoms with van der Waals surface area (Å²) in [5.74, 6) is -0.279. The van der Waals surface area contributed by atoms with Crippen LogP contribution in [0.1, 0.15) is 49.1 Å². The van der Waals surface area contributed by atoms with Crippen LogP contribution in [0.5, 0.6) is 0 Å². The molecule has 0 radical (unpaired) electrons. The van der Waals surface area contributed by atoms with E-state index >= 15 is 0 Å². The minimum atomic E-state index is -0.646. The average Bonchev–Trinajstić information content (AvgIpc) is 2.77. The van der Waals surface area contributed by atoms with Crippen LogP contribution in [-0.4, -0.2) is 37.8 Å². The van der Waals surface area contributed by atoms with E-state index in [-0.39, 0.29) is 0 Å². The van der Waals surface area contributed by atoms with Gasteiger partial charge in [-0.25, -0.2) is 0 Å². The van der Waals surface area contributed by atoms with Crippen LogP contribution in [0.25, 0.3) is 0 Å². The number of hydrogen-bond donors (Lipinski definition) is 1. The van der Waals surface area contributed by atoms with Crippen LogP contribution in [0.4, 0.5) is 0 Å². The van der Waals surface area contributed by atoms with E-state index in [0.29, 0.717) is 24.4 Å². The summed E-state index contributed by atoms with van der Waals surface area (Å²) < 4.78 is 1.96.